The smallest absolute Gasteiger partial charge is 0.0641 e. The minimum atomic E-state index is 0.0101. The molecule has 3 nitrogen and oxygen atoms in total. The lowest BCUT2D eigenvalue weighted by Crippen LogP contribution is -2.43. The quantitative estimate of drug-likeness (QED) is 0.887. The molecular formula is C16H22N2O. The van der Waals surface area contributed by atoms with Crippen LogP contribution in [0, 0.1) is 0 Å². The van der Waals surface area contributed by atoms with E-state index >= 15 is 0 Å². The van der Waals surface area contributed by atoms with Gasteiger partial charge in [0, 0.05) is 36.3 Å². The zero-order chi connectivity index (χ0) is 13.3. The second-order valence-electron chi connectivity index (χ2n) is 6.04. The molecule has 2 N–H and O–H groups in total. The zero-order valence-corrected chi connectivity index (χ0v) is 11.7. The number of rotatable bonds is 3. The van der Waals surface area contributed by atoms with E-state index in [1.54, 1.807) is 0 Å². The molecule has 102 valence electrons. The molecule has 1 aromatic carbocycles. The van der Waals surface area contributed by atoms with E-state index in [4.69, 9.17) is 4.74 Å². The Morgan fingerprint density at radius 1 is 1.37 bits per heavy atom. The number of H-pyrrole nitrogens is 1. The molecule has 0 bridgehead atoms. The number of hydrogen-bond acceptors (Lipinski definition) is 2. The lowest BCUT2D eigenvalue weighted by Gasteiger charge is -2.36. The molecule has 0 aliphatic carbocycles. The van der Waals surface area contributed by atoms with E-state index < -0.39 is 0 Å². The van der Waals surface area contributed by atoms with Crippen molar-refractivity contribution < 1.29 is 4.74 Å². The van der Waals surface area contributed by atoms with Gasteiger partial charge in [-0.15, -0.1) is 0 Å². The Balaban J connectivity index is 1.66. The first-order valence-electron chi connectivity index (χ1n) is 7.06. The summed E-state index contributed by atoms with van der Waals surface area (Å²) >= 11 is 0. The van der Waals surface area contributed by atoms with Crippen molar-refractivity contribution in [1.82, 2.24) is 10.3 Å². The summed E-state index contributed by atoms with van der Waals surface area (Å²) in [4.78, 5) is 3.33. The molecule has 19 heavy (non-hydrogen) atoms. The molecule has 2 heterocycles. The predicted molar refractivity (Wildman–Crippen MR) is 78.2 cm³/mol. The number of ether oxygens (including phenoxy) is 1. The van der Waals surface area contributed by atoms with Crippen LogP contribution in [0.15, 0.2) is 30.5 Å². The summed E-state index contributed by atoms with van der Waals surface area (Å²) in [6.07, 6.45) is 4.29. The largest absolute Gasteiger partial charge is 0.375 e. The Hall–Kier alpha value is -1.32. The van der Waals surface area contributed by atoms with Crippen LogP contribution in [0.25, 0.3) is 10.9 Å². The lowest BCUT2D eigenvalue weighted by molar-refractivity contribution is -0.0630. The van der Waals surface area contributed by atoms with E-state index in [2.05, 4.69) is 54.6 Å². The van der Waals surface area contributed by atoms with E-state index in [-0.39, 0.29) is 5.60 Å². The second kappa shape index (κ2) is 4.99. The van der Waals surface area contributed by atoms with Crippen LogP contribution in [0.2, 0.25) is 0 Å². The monoisotopic (exact) mass is 258 g/mol. The molecule has 1 aliphatic rings. The van der Waals surface area contributed by atoms with Crippen LogP contribution in [0.1, 0.15) is 32.3 Å². The van der Waals surface area contributed by atoms with Gasteiger partial charge in [0.15, 0.2) is 0 Å². The predicted octanol–water partition coefficient (Wildman–Crippen LogP) is 3.22. The van der Waals surface area contributed by atoms with Crippen molar-refractivity contribution in [1.29, 1.82) is 0 Å². The van der Waals surface area contributed by atoms with Crippen molar-refractivity contribution in [3.63, 3.8) is 0 Å². The van der Waals surface area contributed by atoms with E-state index in [1.807, 2.05) is 0 Å². The first kappa shape index (κ1) is 12.7. The van der Waals surface area contributed by atoms with Crippen LogP contribution < -0.4 is 5.32 Å². The van der Waals surface area contributed by atoms with E-state index in [0.717, 1.165) is 26.0 Å². The minimum absolute atomic E-state index is 0.0101. The fourth-order valence-corrected chi connectivity index (χ4v) is 2.94. The van der Waals surface area contributed by atoms with Gasteiger partial charge in [-0.25, -0.2) is 0 Å². The fraction of sp³-hybridized carbons (Fsp3) is 0.500. The van der Waals surface area contributed by atoms with E-state index in [0.29, 0.717) is 6.04 Å². The summed E-state index contributed by atoms with van der Waals surface area (Å²) in [5, 5.41) is 4.99. The summed E-state index contributed by atoms with van der Waals surface area (Å²) in [5.74, 6) is 0. The third-order valence-corrected chi connectivity index (χ3v) is 3.95. The van der Waals surface area contributed by atoms with Crippen LogP contribution in [0.3, 0.4) is 0 Å². The molecule has 1 fully saturated rings. The van der Waals surface area contributed by atoms with Crippen LogP contribution in [0.4, 0.5) is 0 Å². The molecule has 0 amide bonds. The summed E-state index contributed by atoms with van der Waals surface area (Å²) in [5.41, 5.74) is 2.57. The van der Waals surface area contributed by atoms with Gasteiger partial charge in [-0.2, -0.15) is 0 Å². The van der Waals surface area contributed by atoms with Crippen molar-refractivity contribution in [2.75, 3.05) is 6.61 Å². The third-order valence-electron chi connectivity index (χ3n) is 3.95. The molecule has 3 rings (SSSR count). The van der Waals surface area contributed by atoms with Crippen LogP contribution in [-0.2, 0) is 11.3 Å². The maximum Gasteiger partial charge on any atom is 0.0641 e. The number of aromatic nitrogens is 1. The molecule has 2 aromatic rings. The number of nitrogens with one attached hydrogen (secondary N) is 2. The van der Waals surface area contributed by atoms with Crippen molar-refractivity contribution in [2.45, 2.75) is 44.9 Å². The summed E-state index contributed by atoms with van der Waals surface area (Å²) in [6.45, 7) is 6.13. The molecule has 1 aliphatic heterocycles. The van der Waals surface area contributed by atoms with Crippen LogP contribution >= 0.6 is 0 Å². The number of benzene rings is 1. The first-order valence-corrected chi connectivity index (χ1v) is 7.06. The van der Waals surface area contributed by atoms with Gasteiger partial charge in [0.05, 0.1) is 5.60 Å². The molecule has 3 heteroatoms. The van der Waals surface area contributed by atoms with Gasteiger partial charge >= 0.3 is 0 Å². The lowest BCUT2D eigenvalue weighted by atomic mass is 9.94. The van der Waals surface area contributed by atoms with E-state index in [9.17, 15) is 0 Å². The second-order valence-corrected chi connectivity index (χ2v) is 6.04. The van der Waals surface area contributed by atoms with Crippen molar-refractivity contribution in [3.8, 4) is 0 Å². The highest BCUT2D eigenvalue weighted by molar-refractivity contribution is 5.82. The standard InChI is InChI=1S/C16H22N2O/c1-16(2)9-13(7-8-19-16)17-10-12-11-18-15-6-4-3-5-14(12)15/h3-6,11,13,17-18H,7-10H2,1-2H3/t13-/m1/s1. The molecule has 1 saturated heterocycles. The molecule has 1 atom stereocenters. The zero-order valence-electron chi connectivity index (χ0n) is 11.7. The molecule has 0 radical (unpaired) electrons. The number of aromatic amines is 1. The first-order chi connectivity index (χ1) is 9.14. The SMILES string of the molecule is CC1(C)C[C@H](NCc2c[nH]c3ccccc23)CCO1. The van der Waals surface area contributed by atoms with E-state index in [1.165, 1.54) is 16.5 Å². The summed E-state index contributed by atoms with van der Waals surface area (Å²) < 4.78 is 5.76. The molecule has 0 spiro atoms. The van der Waals surface area contributed by atoms with Crippen LogP contribution in [0.5, 0.6) is 0 Å². The molecule has 0 unspecified atom stereocenters. The Morgan fingerprint density at radius 3 is 3.05 bits per heavy atom. The average Bonchev–Trinajstić information content (AvgIpc) is 2.78. The maximum atomic E-state index is 5.76. The van der Waals surface area contributed by atoms with Crippen LogP contribution in [-0.4, -0.2) is 23.2 Å². The maximum absolute atomic E-state index is 5.76. The van der Waals surface area contributed by atoms with Gasteiger partial charge in [0.1, 0.15) is 0 Å². The van der Waals surface area contributed by atoms with Gasteiger partial charge < -0.3 is 15.0 Å². The fourth-order valence-electron chi connectivity index (χ4n) is 2.94. The third kappa shape index (κ3) is 2.82. The molecule has 0 saturated carbocycles. The number of para-hydroxylation sites is 1. The summed E-state index contributed by atoms with van der Waals surface area (Å²) in [7, 11) is 0. The number of hydrogen-bond donors (Lipinski definition) is 2. The Labute approximate surface area is 114 Å². The van der Waals surface area contributed by atoms with Gasteiger partial charge in [-0.1, -0.05) is 18.2 Å². The van der Waals surface area contributed by atoms with Crippen molar-refractivity contribution >= 4 is 10.9 Å². The normalized spacial score (nSPS) is 22.7. The highest BCUT2D eigenvalue weighted by Crippen LogP contribution is 2.24. The average molecular weight is 258 g/mol. The molecule has 1 aromatic heterocycles. The van der Waals surface area contributed by atoms with Crippen molar-refractivity contribution in [2.24, 2.45) is 0 Å². The Kier molecular flexibility index (Phi) is 3.33. The molecular weight excluding hydrogens is 236 g/mol. The van der Waals surface area contributed by atoms with Gasteiger partial charge in [-0.3, -0.25) is 0 Å². The highest BCUT2D eigenvalue weighted by Gasteiger charge is 2.28. The van der Waals surface area contributed by atoms with Gasteiger partial charge in [0.25, 0.3) is 0 Å². The Bertz CT molecular complexity index is 559. The van der Waals surface area contributed by atoms with Crippen molar-refractivity contribution in [3.05, 3.63) is 36.0 Å². The Morgan fingerprint density at radius 2 is 2.21 bits per heavy atom. The van der Waals surface area contributed by atoms with Gasteiger partial charge in [-0.05, 0) is 38.3 Å². The summed E-state index contributed by atoms with van der Waals surface area (Å²) in [6, 6.07) is 9.01. The van der Waals surface area contributed by atoms with Gasteiger partial charge in [0.2, 0.25) is 0 Å². The topological polar surface area (TPSA) is 37.0 Å². The number of fused-ring (bicyclic) bond motifs is 1. The highest BCUT2D eigenvalue weighted by atomic mass is 16.5. The minimum Gasteiger partial charge on any atom is -0.375 e.